The van der Waals surface area contributed by atoms with Crippen molar-refractivity contribution >= 4 is 17.7 Å². The van der Waals surface area contributed by atoms with Gasteiger partial charge in [-0.15, -0.1) is 0 Å². The van der Waals surface area contributed by atoms with E-state index in [9.17, 15) is 9.59 Å². The number of nitrogens with one attached hydrogen (secondary N) is 2. The maximum absolute atomic E-state index is 11.6. The van der Waals surface area contributed by atoms with E-state index in [1.807, 2.05) is 12.1 Å². The van der Waals surface area contributed by atoms with Gasteiger partial charge in [-0.1, -0.05) is 31.9 Å². The van der Waals surface area contributed by atoms with Gasteiger partial charge in [0, 0.05) is 18.8 Å². The Morgan fingerprint density at radius 1 is 1.14 bits per heavy atom. The molecule has 0 radical (unpaired) electrons. The number of methoxy groups -OCH3 is 1. The van der Waals surface area contributed by atoms with E-state index in [2.05, 4.69) is 22.3 Å². The third-order valence-corrected chi connectivity index (χ3v) is 3.00. The van der Waals surface area contributed by atoms with Gasteiger partial charge in [-0.05, 0) is 24.1 Å². The Morgan fingerprint density at radius 2 is 1.86 bits per heavy atom. The standard InChI is InChI=1S/C16H24N2O4/c1-3-4-5-10-22-12-15(19)17-11-13-6-8-14(9-7-13)18-16(20)21-2/h6-9H,3-5,10-12H2,1-2H3,(H,17,19)(H,18,20). The number of carbonyl (C=O) groups is 2. The molecule has 0 aliphatic carbocycles. The maximum atomic E-state index is 11.6. The first-order chi connectivity index (χ1) is 10.7. The van der Waals surface area contributed by atoms with Gasteiger partial charge in [0.25, 0.3) is 0 Å². The quantitative estimate of drug-likeness (QED) is 0.688. The molecule has 0 heterocycles. The lowest BCUT2D eigenvalue weighted by atomic mass is 10.2. The van der Waals surface area contributed by atoms with Gasteiger partial charge in [-0.3, -0.25) is 10.1 Å². The second-order valence-electron chi connectivity index (χ2n) is 4.85. The molecular weight excluding hydrogens is 284 g/mol. The van der Waals surface area contributed by atoms with Gasteiger partial charge in [0.2, 0.25) is 5.91 Å². The third-order valence-electron chi connectivity index (χ3n) is 3.00. The fourth-order valence-corrected chi connectivity index (χ4v) is 1.75. The Labute approximate surface area is 131 Å². The topological polar surface area (TPSA) is 76.7 Å². The molecule has 0 aliphatic rings. The number of hydrogen-bond acceptors (Lipinski definition) is 4. The summed E-state index contributed by atoms with van der Waals surface area (Å²) in [7, 11) is 1.31. The van der Waals surface area contributed by atoms with E-state index in [1.54, 1.807) is 12.1 Å². The van der Waals surface area contributed by atoms with Gasteiger partial charge in [0.15, 0.2) is 0 Å². The number of unbranched alkanes of at least 4 members (excludes halogenated alkanes) is 2. The van der Waals surface area contributed by atoms with Gasteiger partial charge in [0.05, 0.1) is 7.11 Å². The summed E-state index contributed by atoms with van der Waals surface area (Å²) in [6.07, 6.45) is 2.73. The Hall–Kier alpha value is -2.08. The smallest absolute Gasteiger partial charge is 0.411 e. The van der Waals surface area contributed by atoms with E-state index in [-0.39, 0.29) is 12.5 Å². The molecule has 0 bridgehead atoms. The van der Waals surface area contributed by atoms with Crippen LogP contribution < -0.4 is 10.6 Å². The van der Waals surface area contributed by atoms with Crippen molar-refractivity contribution in [1.82, 2.24) is 5.32 Å². The molecule has 22 heavy (non-hydrogen) atoms. The van der Waals surface area contributed by atoms with Crippen LogP contribution in [-0.2, 0) is 20.8 Å². The fraction of sp³-hybridized carbons (Fsp3) is 0.500. The zero-order valence-electron chi connectivity index (χ0n) is 13.2. The van der Waals surface area contributed by atoms with Crippen molar-refractivity contribution in [3.63, 3.8) is 0 Å². The maximum Gasteiger partial charge on any atom is 0.411 e. The van der Waals surface area contributed by atoms with E-state index in [0.29, 0.717) is 18.8 Å². The van der Waals surface area contributed by atoms with Gasteiger partial charge >= 0.3 is 6.09 Å². The molecule has 122 valence electrons. The fourth-order valence-electron chi connectivity index (χ4n) is 1.75. The van der Waals surface area contributed by atoms with E-state index in [0.717, 1.165) is 24.8 Å². The summed E-state index contributed by atoms with van der Waals surface area (Å²) in [6, 6.07) is 7.15. The minimum absolute atomic E-state index is 0.0890. The molecule has 6 nitrogen and oxygen atoms in total. The predicted molar refractivity (Wildman–Crippen MR) is 84.7 cm³/mol. The lowest BCUT2D eigenvalue weighted by molar-refractivity contribution is -0.125. The van der Waals surface area contributed by atoms with Crippen LogP contribution >= 0.6 is 0 Å². The summed E-state index contributed by atoms with van der Waals surface area (Å²) < 4.78 is 9.79. The first-order valence-corrected chi connectivity index (χ1v) is 7.44. The minimum Gasteiger partial charge on any atom is -0.453 e. The Kier molecular flexibility index (Phi) is 8.67. The molecule has 1 aromatic rings. The lowest BCUT2D eigenvalue weighted by Gasteiger charge is -2.08. The second kappa shape index (κ2) is 10.6. The van der Waals surface area contributed by atoms with Crippen LogP contribution in [0, 0.1) is 0 Å². The number of anilines is 1. The first kappa shape index (κ1) is 18.0. The van der Waals surface area contributed by atoms with Crippen LogP contribution in [0.1, 0.15) is 31.7 Å². The SMILES string of the molecule is CCCCCOCC(=O)NCc1ccc(NC(=O)OC)cc1. The molecule has 0 spiro atoms. The van der Waals surface area contributed by atoms with Crippen molar-refractivity contribution < 1.29 is 19.1 Å². The van der Waals surface area contributed by atoms with E-state index in [4.69, 9.17) is 4.74 Å². The van der Waals surface area contributed by atoms with E-state index < -0.39 is 6.09 Å². The van der Waals surface area contributed by atoms with Crippen molar-refractivity contribution in [2.45, 2.75) is 32.7 Å². The van der Waals surface area contributed by atoms with Gasteiger partial charge < -0.3 is 14.8 Å². The van der Waals surface area contributed by atoms with Gasteiger partial charge in [0.1, 0.15) is 6.61 Å². The summed E-state index contributed by atoms with van der Waals surface area (Å²) in [4.78, 5) is 22.6. The highest BCUT2D eigenvalue weighted by Crippen LogP contribution is 2.09. The average molecular weight is 308 g/mol. The molecule has 0 saturated carbocycles. The summed E-state index contributed by atoms with van der Waals surface area (Å²) in [5, 5.41) is 5.35. The zero-order chi connectivity index (χ0) is 16.2. The highest BCUT2D eigenvalue weighted by atomic mass is 16.5. The monoisotopic (exact) mass is 308 g/mol. The highest BCUT2D eigenvalue weighted by molar-refractivity contribution is 5.84. The highest BCUT2D eigenvalue weighted by Gasteiger charge is 2.03. The second-order valence-corrected chi connectivity index (χ2v) is 4.85. The van der Waals surface area contributed by atoms with Crippen LogP contribution in [0.5, 0.6) is 0 Å². The summed E-state index contributed by atoms with van der Waals surface area (Å²) in [5.74, 6) is -0.131. The lowest BCUT2D eigenvalue weighted by Crippen LogP contribution is -2.27. The zero-order valence-corrected chi connectivity index (χ0v) is 13.2. The third kappa shape index (κ3) is 7.64. The molecule has 6 heteroatoms. The van der Waals surface area contributed by atoms with Crippen molar-refractivity contribution in [2.24, 2.45) is 0 Å². The summed E-state index contributed by atoms with van der Waals surface area (Å²) in [5.41, 5.74) is 1.58. The van der Waals surface area contributed by atoms with Gasteiger partial charge in [-0.2, -0.15) is 0 Å². The molecule has 0 saturated heterocycles. The number of ether oxygens (including phenoxy) is 2. The van der Waals surface area contributed by atoms with E-state index in [1.165, 1.54) is 7.11 Å². The van der Waals surface area contributed by atoms with Crippen molar-refractivity contribution in [3.05, 3.63) is 29.8 Å². The Balaban J connectivity index is 2.23. The Bertz CT molecular complexity index is 460. The number of hydrogen-bond donors (Lipinski definition) is 2. The molecule has 1 aromatic carbocycles. The van der Waals surface area contributed by atoms with E-state index >= 15 is 0 Å². The van der Waals surface area contributed by atoms with Crippen LogP contribution in [-0.4, -0.2) is 32.3 Å². The van der Waals surface area contributed by atoms with Gasteiger partial charge in [-0.25, -0.2) is 4.79 Å². The molecule has 1 rings (SSSR count). The molecular formula is C16H24N2O4. The number of carbonyl (C=O) groups excluding carboxylic acids is 2. The molecule has 2 N–H and O–H groups in total. The number of amides is 2. The van der Waals surface area contributed by atoms with Crippen LogP contribution in [0.3, 0.4) is 0 Å². The first-order valence-electron chi connectivity index (χ1n) is 7.44. The minimum atomic E-state index is -0.513. The van der Waals surface area contributed by atoms with Crippen LogP contribution in [0.25, 0.3) is 0 Å². The molecule has 0 atom stereocenters. The van der Waals surface area contributed by atoms with Crippen LogP contribution in [0.4, 0.5) is 10.5 Å². The summed E-state index contributed by atoms with van der Waals surface area (Å²) >= 11 is 0. The van der Waals surface area contributed by atoms with Crippen molar-refractivity contribution in [1.29, 1.82) is 0 Å². The predicted octanol–water partition coefficient (Wildman–Crippen LogP) is 2.69. The largest absolute Gasteiger partial charge is 0.453 e. The van der Waals surface area contributed by atoms with Crippen LogP contribution in [0.2, 0.25) is 0 Å². The normalized spacial score (nSPS) is 10.1. The molecule has 0 aliphatic heterocycles. The van der Waals surface area contributed by atoms with Crippen LogP contribution in [0.15, 0.2) is 24.3 Å². The number of benzene rings is 1. The van der Waals surface area contributed by atoms with Crippen molar-refractivity contribution in [2.75, 3.05) is 25.6 Å². The molecule has 0 fully saturated rings. The number of rotatable bonds is 9. The molecule has 0 aromatic heterocycles. The van der Waals surface area contributed by atoms with Crippen molar-refractivity contribution in [3.8, 4) is 0 Å². The molecule has 0 unspecified atom stereocenters. The average Bonchev–Trinajstić information content (AvgIpc) is 2.54. The Morgan fingerprint density at radius 3 is 2.50 bits per heavy atom. The molecule has 2 amide bonds. The summed E-state index contributed by atoms with van der Waals surface area (Å²) in [6.45, 7) is 3.26.